The fourth-order valence-electron chi connectivity index (χ4n) is 2.44. The molecule has 1 aromatic carbocycles. The van der Waals surface area contributed by atoms with Gasteiger partial charge in [0, 0.05) is 18.7 Å². The van der Waals surface area contributed by atoms with Crippen LogP contribution in [-0.2, 0) is 0 Å². The zero-order valence-corrected chi connectivity index (χ0v) is 10.4. The number of rotatable bonds is 2. The third-order valence-corrected chi connectivity index (χ3v) is 3.29. The summed E-state index contributed by atoms with van der Waals surface area (Å²) >= 11 is 0. The molecule has 1 nitrogen and oxygen atoms in total. The van der Waals surface area contributed by atoms with E-state index in [0.717, 1.165) is 17.8 Å². The summed E-state index contributed by atoms with van der Waals surface area (Å²) in [7, 11) is 0. The van der Waals surface area contributed by atoms with Gasteiger partial charge < -0.3 is 4.90 Å². The van der Waals surface area contributed by atoms with Crippen LogP contribution in [0.15, 0.2) is 24.3 Å². The number of hydrogen-bond acceptors (Lipinski definition) is 1. The fourth-order valence-corrected chi connectivity index (χ4v) is 2.44. The van der Waals surface area contributed by atoms with Crippen LogP contribution < -0.4 is 4.90 Å². The molecule has 94 valence electrons. The fraction of sp³-hybridized carbons (Fsp3) is 0.571. The second kappa shape index (κ2) is 4.63. The molecular formula is C14H19F2N. The molecule has 0 unspecified atom stereocenters. The zero-order chi connectivity index (χ0) is 12.5. The first kappa shape index (κ1) is 12.3. The van der Waals surface area contributed by atoms with Gasteiger partial charge in [-0.2, -0.15) is 0 Å². The lowest BCUT2D eigenvalue weighted by molar-refractivity contribution is -0.0117. The van der Waals surface area contributed by atoms with Gasteiger partial charge in [0.05, 0.1) is 6.54 Å². The Bertz CT molecular complexity index is 388. The Morgan fingerprint density at radius 2 is 1.94 bits per heavy atom. The molecule has 0 aliphatic carbocycles. The van der Waals surface area contributed by atoms with Crippen LogP contribution in [0.25, 0.3) is 0 Å². The van der Waals surface area contributed by atoms with Crippen LogP contribution in [0, 0.1) is 0 Å². The summed E-state index contributed by atoms with van der Waals surface area (Å²) in [5.74, 6) is -2.18. The van der Waals surface area contributed by atoms with Crippen molar-refractivity contribution < 1.29 is 8.78 Å². The van der Waals surface area contributed by atoms with Gasteiger partial charge in [-0.1, -0.05) is 32.0 Å². The molecule has 1 heterocycles. The summed E-state index contributed by atoms with van der Waals surface area (Å²) in [6.07, 6.45) is 0.590. The summed E-state index contributed by atoms with van der Waals surface area (Å²) in [5, 5.41) is 0. The van der Waals surface area contributed by atoms with Crippen LogP contribution in [0.5, 0.6) is 0 Å². The van der Waals surface area contributed by atoms with Gasteiger partial charge in [0.25, 0.3) is 5.92 Å². The highest BCUT2D eigenvalue weighted by Gasteiger charge is 2.35. The number of hydrogen-bond donors (Lipinski definition) is 0. The van der Waals surface area contributed by atoms with Gasteiger partial charge in [-0.15, -0.1) is 0 Å². The third-order valence-electron chi connectivity index (χ3n) is 3.29. The van der Waals surface area contributed by atoms with Gasteiger partial charge in [0.2, 0.25) is 0 Å². The number of anilines is 1. The molecule has 1 aliphatic rings. The SMILES string of the molecule is CC(C)c1ccccc1N1CCCC(F)(F)C1. The van der Waals surface area contributed by atoms with E-state index in [-0.39, 0.29) is 13.0 Å². The van der Waals surface area contributed by atoms with Crippen molar-refractivity contribution in [3.63, 3.8) is 0 Å². The van der Waals surface area contributed by atoms with Crippen LogP contribution in [0.3, 0.4) is 0 Å². The van der Waals surface area contributed by atoms with Crippen molar-refractivity contribution in [3.05, 3.63) is 29.8 Å². The molecule has 1 aromatic rings. The van der Waals surface area contributed by atoms with Crippen molar-refractivity contribution in [1.29, 1.82) is 0 Å². The second-order valence-electron chi connectivity index (χ2n) is 5.09. The predicted octanol–water partition coefficient (Wildman–Crippen LogP) is 4.05. The standard InChI is InChI=1S/C14H19F2N/c1-11(2)12-6-3-4-7-13(12)17-9-5-8-14(15,16)10-17/h3-4,6-7,11H,5,8-10H2,1-2H3. The van der Waals surface area contributed by atoms with E-state index in [0.29, 0.717) is 12.3 Å². The van der Waals surface area contributed by atoms with Crippen LogP contribution in [0.2, 0.25) is 0 Å². The first-order valence-electron chi connectivity index (χ1n) is 6.21. The molecule has 1 fully saturated rings. The number of piperidine rings is 1. The highest BCUT2D eigenvalue weighted by atomic mass is 19.3. The molecule has 0 amide bonds. The molecule has 0 atom stereocenters. The Balaban J connectivity index is 2.27. The van der Waals surface area contributed by atoms with Crippen molar-refractivity contribution in [2.24, 2.45) is 0 Å². The van der Waals surface area contributed by atoms with E-state index in [1.165, 1.54) is 0 Å². The number of para-hydroxylation sites is 1. The summed E-state index contributed by atoms with van der Waals surface area (Å²) in [4.78, 5) is 1.83. The quantitative estimate of drug-likeness (QED) is 0.752. The van der Waals surface area contributed by atoms with Crippen LogP contribution in [0.4, 0.5) is 14.5 Å². The third kappa shape index (κ3) is 2.76. The predicted molar refractivity (Wildman–Crippen MR) is 66.9 cm³/mol. The van der Waals surface area contributed by atoms with E-state index in [1.807, 2.05) is 29.2 Å². The molecule has 1 aliphatic heterocycles. The van der Waals surface area contributed by atoms with Gasteiger partial charge in [0.15, 0.2) is 0 Å². The molecule has 0 radical (unpaired) electrons. The van der Waals surface area contributed by atoms with Crippen LogP contribution in [-0.4, -0.2) is 19.0 Å². The van der Waals surface area contributed by atoms with E-state index < -0.39 is 5.92 Å². The second-order valence-corrected chi connectivity index (χ2v) is 5.09. The van der Waals surface area contributed by atoms with Gasteiger partial charge in [-0.05, 0) is 24.0 Å². The van der Waals surface area contributed by atoms with E-state index in [4.69, 9.17) is 0 Å². The minimum atomic E-state index is -2.54. The maximum atomic E-state index is 13.4. The van der Waals surface area contributed by atoms with Gasteiger partial charge in [-0.3, -0.25) is 0 Å². The zero-order valence-electron chi connectivity index (χ0n) is 10.4. The minimum absolute atomic E-state index is 0.0212. The van der Waals surface area contributed by atoms with Gasteiger partial charge >= 0.3 is 0 Å². The molecule has 3 heteroatoms. The molecule has 0 spiro atoms. The van der Waals surface area contributed by atoms with Gasteiger partial charge in [-0.25, -0.2) is 8.78 Å². The van der Waals surface area contributed by atoms with E-state index >= 15 is 0 Å². The maximum Gasteiger partial charge on any atom is 0.265 e. The summed E-state index contributed by atoms with van der Waals surface area (Å²) < 4.78 is 26.9. The van der Waals surface area contributed by atoms with E-state index in [9.17, 15) is 8.78 Å². The Kier molecular flexibility index (Phi) is 3.36. The lowest BCUT2D eigenvalue weighted by atomic mass is 9.98. The first-order valence-corrected chi connectivity index (χ1v) is 6.21. The Labute approximate surface area is 101 Å². The molecule has 0 bridgehead atoms. The molecular weight excluding hydrogens is 220 g/mol. The minimum Gasteiger partial charge on any atom is -0.365 e. The largest absolute Gasteiger partial charge is 0.365 e. The van der Waals surface area contributed by atoms with E-state index in [1.54, 1.807) is 0 Å². The van der Waals surface area contributed by atoms with Crippen molar-refractivity contribution in [1.82, 2.24) is 0 Å². The van der Waals surface area contributed by atoms with Crippen LogP contribution >= 0.6 is 0 Å². The Hall–Kier alpha value is -1.12. The van der Waals surface area contributed by atoms with Crippen LogP contribution in [0.1, 0.15) is 38.2 Å². The van der Waals surface area contributed by atoms with Gasteiger partial charge in [0.1, 0.15) is 0 Å². The summed E-state index contributed by atoms with van der Waals surface area (Å²) in [5.41, 5.74) is 2.13. The first-order chi connectivity index (χ1) is 7.99. The number of benzene rings is 1. The number of halogens is 2. The Morgan fingerprint density at radius 1 is 1.24 bits per heavy atom. The smallest absolute Gasteiger partial charge is 0.265 e. The molecule has 2 rings (SSSR count). The van der Waals surface area contributed by atoms with E-state index in [2.05, 4.69) is 13.8 Å². The number of alkyl halides is 2. The monoisotopic (exact) mass is 239 g/mol. The van der Waals surface area contributed by atoms with Crippen molar-refractivity contribution in [2.75, 3.05) is 18.0 Å². The highest BCUT2D eigenvalue weighted by molar-refractivity contribution is 5.55. The molecule has 0 aromatic heterocycles. The molecule has 1 saturated heterocycles. The highest BCUT2D eigenvalue weighted by Crippen LogP contribution is 2.33. The average Bonchev–Trinajstić information content (AvgIpc) is 2.27. The Morgan fingerprint density at radius 3 is 2.59 bits per heavy atom. The molecule has 17 heavy (non-hydrogen) atoms. The average molecular weight is 239 g/mol. The van der Waals surface area contributed by atoms with Crippen molar-refractivity contribution in [3.8, 4) is 0 Å². The lowest BCUT2D eigenvalue weighted by Crippen LogP contribution is -2.43. The normalized spacial score (nSPS) is 19.7. The molecule has 0 saturated carbocycles. The molecule has 0 N–H and O–H groups in total. The van der Waals surface area contributed by atoms with Crippen molar-refractivity contribution in [2.45, 2.75) is 38.5 Å². The number of nitrogens with zero attached hydrogens (tertiary/aromatic N) is 1. The van der Waals surface area contributed by atoms with Crippen molar-refractivity contribution >= 4 is 5.69 Å². The topological polar surface area (TPSA) is 3.24 Å². The summed E-state index contributed by atoms with van der Waals surface area (Å²) in [6, 6.07) is 7.89. The summed E-state index contributed by atoms with van der Waals surface area (Å²) in [6.45, 7) is 4.79. The lowest BCUT2D eigenvalue weighted by Gasteiger charge is -2.35. The maximum absolute atomic E-state index is 13.4.